The van der Waals surface area contributed by atoms with Crippen LogP contribution in [0.3, 0.4) is 0 Å². The Morgan fingerprint density at radius 1 is 1.17 bits per heavy atom. The fraction of sp³-hybridized carbons (Fsp3) is 0.0952. The lowest BCUT2D eigenvalue weighted by atomic mass is 10.00. The van der Waals surface area contributed by atoms with Gasteiger partial charge in [-0.15, -0.1) is 11.3 Å². The van der Waals surface area contributed by atoms with Gasteiger partial charge in [0, 0.05) is 18.0 Å². The van der Waals surface area contributed by atoms with E-state index in [4.69, 9.17) is 5.26 Å². The molecule has 0 radical (unpaired) electrons. The van der Waals surface area contributed by atoms with Crippen LogP contribution in [0.2, 0.25) is 0 Å². The molecule has 142 valence electrons. The predicted octanol–water partition coefficient (Wildman–Crippen LogP) is 3.09. The van der Waals surface area contributed by atoms with Gasteiger partial charge in [-0.1, -0.05) is 24.3 Å². The second-order valence-electron chi connectivity index (χ2n) is 6.46. The van der Waals surface area contributed by atoms with Crippen LogP contribution in [0.4, 0.5) is 5.13 Å². The summed E-state index contributed by atoms with van der Waals surface area (Å²) in [5.74, 6) is -1.08. The molecule has 29 heavy (non-hydrogen) atoms. The lowest BCUT2D eigenvalue weighted by Gasteiger charge is -2.07. The number of fused-ring (bicyclic) bond motifs is 1. The Labute approximate surface area is 170 Å². The number of nitrogens with one attached hydrogen (secondary N) is 1. The predicted molar refractivity (Wildman–Crippen MR) is 107 cm³/mol. The van der Waals surface area contributed by atoms with Crippen molar-refractivity contribution in [2.45, 2.75) is 6.42 Å². The van der Waals surface area contributed by atoms with Gasteiger partial charge in [0.05, 0.1) is 34.9 Å². The number of nitrogens with zero attached hydrogens (tertiary/aromatic N) is 3. The first-order valence-corrected chi connectivity index (χ1v) is 9.56. The van der Waals surface area contributed by atoms with Crippen molar-refractivity contribution in [2.75, 3.05) is 12.4 Å². The minimum absolute atomic E-state index is 0.0399. The van der Waals surface area contributed by atoms with Crippen molar-refractivity contribution in [2.24, 2.45) is 0 Å². The van der Waals surface area contributed by atoms with E-state index in [1.165, 1.54) is 18.4 Å². The molecule has 2 aromatic carbocycles. The van der Waals surface area contributed by atoms with Gasteiger partial charge in [0.2, 0.25) is 5.91 Å². The van der Waals surface area contributed by atoms with E-state index in [1.807, 2.05) is 5.38 Å². The molecule has 1 aliphatic heterocycles. The average Bonchev–Trinajstić information content (AvgIpc) is 3.28. The van der Waals surface area contributed by atoms with Crippen molar-refractivity contribution in [1.29, 1.82) is 5.26 Å². The minimum atomic E-state index is -0.397. The number of amides is 3. The standard InChI is InChI=1S/C21H14N4O3S/c1-25-19(27)15-4-2-3-14(18(15)20(25)28)9-17(26)24-21-23-16(11-29-21)13-7-5-12(10-22)6-8-13/h2-8,11H,9H2,1H3,(H,23,24,26). The molecule has 0 spiro atoms. The first kappa shape index (κ1) is 18.5. The van der Waals surface area contributed by atoms with Crippen LogP contribution in [-0.4, -0.2) is 34.7 Å². The number of benzene rings is 2. The van der Waals surface area contributed by atoms with Crippen molar-refractivity contribution in [1.82, 2.24) is 9.88 Å². The van der Waals surface area contributed by atoms with Gasteiger partial charge in [-0.3, -0.25) is 19.3 Å². The SMILES string of the molecule is CN1C(=O)c2cccc(CC(=O)Nc3nc(-c4ccc(C#N)cc4)cs3)c2C1=O. The number of imide groups is 1. The van der Waals surface area contributed by atoms with Crippen LogP contribution in [0, 0.1) is 11.3 Å². The molecule has 0 fully saturated rings. The van der Waals surface area contributed by atoms with E-state index in [0.717, 1.165) is 10.5 Å². The Hall–Kier alpha value is -3.83. The zero-order chi connectivity index (χ0) is 20.5. The number of nitriles is 1. The largest absolute Gasteiger partial charge is 0.302 e. The van der Waals surface area contributed by atoms with Crippen molar-refractivity contribution < 1.29 is 14.4 Å². The van der Waals surface area contributed by atoms with Gasteiger partial charge in [0.25, 0.3) is 11.8 Å². The normalized spacial score (nSPS) is 12.6. The number of carbonyl (C=O) groups is 3. The molecule has 0 unspecified atom stereocenters. The van der Waals surface area contributed by atoms with Gasteiger partial charge in [-0.05, 0) is 23.8 Å². The summed E-state index contributed by atoms with van der Waals surface area (Å²) in [7, 11) is 1.43. The zero-order valence-electron chi connectivity index (χ0n) is 15.3. The highest BCUT2D eigenvalue weighted by molar-refractivity contribution is 7.14. The molecule has 3 amide bonds. The first-order chi connectivity index (χ1) is 14.0. The van der Waals surface area contributed by atoms with Crippen LogP contribution in [0.5, 0.6) is 0 Å². The van der Waals surface area contributed by atoms with E-state index < -0.39 is 5.91 Å². The maximum absolute atomic E-state index is 12.5. The monoisotopic (exact) mass is 402 g/mol. The summed E-state index contributed by atoms with van der Waals surface area (Å²) in [5, 5.41) is 13.9. The topological polar surface area (TPSA) is 103 Å². The summed E-state index contributed by atoms with van der Waals surface area (Å²) in [5.41, 5.74) is 3.21. The third-order valence-corrected chi connectivity index (χ3v) is 5.37. The Balaban J connectivity index is 1.49. The molecular weight excluding hydrogens is 388 g/mol. The van der Waals surface area contributed by atoms with E-state index in [-0.39, 0.29) is 23.8 Å². The van der Waals surface area contributed by atoms with Crippen molar-refractivity contribution >= 4 is 34.2 Å². The molecule has 7 nitrogen and oxygen atoms in total. The van der Waals surface area contributed by atoms with E-state index in [9.17, 15) is 14.4 Å². The summed E-state index contributed by atoms with van der Waals surface area (Å²) >= 11 is 1.28. The Morgan fingerprint density at radius 2 is 1.93 bits per heavy atom. The molecule has 0 atom stereocenters. The number of rotatable bonds is 4. The molecule has 0 saturated carbocycles. The number of carbonyl (C=O) groups excluding carboxylic acids is 3. The Bertz CT molecular complexity index is 1190. The van der Waals surface area contributed by atoms with Gasteiger partial charge < -0.3 is 5.32 Å². The van der Waals surface area contributed by atoms with Crippen LogP contribution in [0.25, 0.3) is 11.3 Å². The number of thiazole rings is 1. The summed E-state index contributed by atoms with van der Waals surface area (Å²) in [6.45, 7) is 0. The molecule has 4 rings (SSSR count). The quantitative estimate of drug-likeness (QED) is 0.676. The van der Waals surface area contributed by atoms with Crippen LogP contribution in [0.15, 0.2) is 47.8 Å². The number of hydrogen-bond donors (Lipinski definition) is 1. The van der Waals surface area contributed by atoms with Crippen LogP contribution < -0.4 is 5.32 Å². The third kappa shape index (κ3) is 3.39. The van der Waals surface area contributed by atoms with E-state index in [1.54, 1.807) is 42.5 Å². The molecule has 0 saturated heterocycles. The van der Waals surface area contributed by atoms with E-state index >= 15 is 0 Å². The molecule has 8 heteroatoms. The number of anilines is 1. The smallest absolute Gasteiger partial charge is 0.261 e. The highest BCUT2D eigenvalue weighted by Gasteiger charge is 2.34. The van der Waals surface area contributed by atoms with Crippen LogP contribution in [0.1, 0.15) is 31.8 Å². The maximum Gasteiger partial charge on any atom is 0.261 e. The van der Waals surface area contributed by atoms with E-state index in [2.05, 4.69) is 16.4 Å². The van der Waals surface area contributed by atoms with Gasteiger partial charge in [0.15, 0.2) is 5.13 Å². The van der Waals surface area contributed by atoms with Gasteiger partial charge in [-0.25, -0.2) is 4.98 Å². The summed E-state index contributed by atoms with van der Waals surface area (Å²) in [6, 6.07) is 14.0. The van der Waals surface area contributed by atoms with Crippen LogP contribution in [-0.2, 0) is 11.2 Å². The first-order valence-electron chi connectivity index (χ1n) is 8.68. The minimum Gasteiger partial charge on any atom is -0.302 e. The second kappa shape index (κ2) is 7.30. The Morgan fingerprint density at radius 3 is 2.66 bits per heavy atom. The fourth-order valence-electron chi connectivity index (χ4n) is 3.13. The second-order valence-corrected chi connectivity index (χ2v) is 7.32. The highest BCUT2D eigenvalue weighted by Crippen LogP contribution is 2.27. The molecule has 1 N–H and O–H groups in total. The maximum atomic E-state index is 12.5. The lowest BCUT2D eigenvalue weighted by molar-refractivity contribution is -0.115. The van der Waals surface area contributed by atoms with Crippen molar-refractivity contribution in [3.8, 4) is 17.3 Å². The third-order valence-electron chi connectivity index (χ3n) is 4.62. The molecule has 0 aliphatic carbocycles. The molecular formula is C21H14N4O3S. The van der Waals surface area contributed by atoms with Crippen LogP contribution >= 0.6 is 11.3 Å². The Kier molecular flexibility index (Phi) is 4.66. The van der Waals surface area contributed by atoms with Crippen molar-refractivity contribution in [3.63, 3.8) is 0 Å². The fourth-order valence-corrected chi connectivity index (χ4v) is 3.87. The summed E-state index contributed by atoms with van der Waals surface area (Å²) < 4.78 is 0. The van der Waals surface area contributed by atoms with E-state index in [0.29, 0.717) is 27.5 Å². The molecule has 2 heterocycles. The molecule has 1 aromatic heterocycles. The number of aromatic nitrogens is 1. The summed E-state index contributed by atoms with van der Waals surface area (Å²) in [6.07, 6.45) is -0.0399. The van der Waals surface area contributed by atoms with Gasteiger partial charge in [0.1, 0.15) is 0 Å². The molecule has 3 aromatic rings. The summed E-state index contributed by atoms with van der Waals surface area (Å²) in [4.78, 5) is 42.4. The molecule has 1 aliphatic rings. The highest BCUT2D eigenvalue weighted by atomic mass is 32.1. The zero-order valence-corrected chi connectivity index (χ0v) is 16.1. The van der Waals surface area contributed by atoms with Gasteiger partial charge >= 0.3 is 0 Å². The average molecular weight is 402 g/mol. The van der Waals surface area contributed by atoms with Gasteiger partial charge in [-0.2, -0.15) is 5.26 Å². The molecule has 0 bridgehead atoms. The van der Waals surface area contributed by atoms with Crippen molar-refractivity contribution in [3.05, 3.63) is 70.1 Å². The number of hydrogen-bond acceptors (Lipinski definition) is 6. The lowest BCUT2D eigenvalue weighted by Crippen LogP contribution is -2.24.